The van der Waals surface area contributed by atoms with Gasteiger partial charge < -0.3 is 0 Å². The topological polar surface area (TPSA) is 17.1 Å². The van der Waals surface area contributed by atoms with Gasteiger partial charge in [-0.15, -0.1) is 11.3 Å². The van der Waals surface area contributed by atoms with Crippen LogP contribution >= 0.6 is 54.8 Å². The van der Waals surface area contributed by atoms with Gasteiger partial charge in [0.1, 0.15) is 0 Å². The van der Waals surface area contributed by atoms with Crippen molar-refractivity contribution in [3.8, 4) is 0 Å². The molecular formula is C8H7Br2ClOS. The zero-order valence-corrected chi connectivity index (χ0v) is 11.6. The van der Waals surface area contributed by atoms with Crippen LogP contribution in [0.1, 0.15) is 23.0 Å². The van der Waals surface area contributed by atoms with Gasteiger partial charge in [0.2, 0.25) is 0 Å². The maximum atomic E-state index is 11.6. The Morgan fingerprint density at radius 2 is 2.38 bits per heavy atom. The van der Waals surface area contributed by atoms with E-state index in [1.165, 1.54) is 11.3 Å². The minimum absolute atomic E-state index is 0.0973. The van der Waals surface area contributed by atoms with Crippen LogP contribution in [-0.4, -0.2) is 10.6 Å². The Morgan fingerprint density at radius 1 is 1.77 bits per heavy atom. The molecule has 1 nitrogen and oxygen atoms in total. The SMILES string of the molecule is CCC(Br)C(=O)c1cc(Cl)c(Br)s1. The number of hydrogen-bond acceptors (Lipinski definition) is 2. The molecule has 0 aliphatic rings. The monoisotopic (exact) mass is 344 g/mol. The predicted octanol–water partition coefficient (Wildman–Crippen LogP) is 4.52. The molecule has 1 atom stereocenters. The molecule has 0 aliphatic heterocycles. The number of ketones is 1. The van der Waals surface area contributed by atoms with Gasteiger partial charge in [-0.05, 0) is 28.4 Å². The Kier molecular flexibility index (Phi) is 4.42. The summed E-state index contributed by atoms with van der Waals surface area (Å²) in [5, 5.41) is 0.601. The Labute approximate surface area is 103 Å². The summed E-state index contributed by atoms with van der Waals surface area (Å²) < 4.78 is 0.813. The zero-order chi connectivity index (χ0) is 10.0. The Hall–Kier alpha value is 0.620. The zero-order valence-electron chi connectivity index (χ0n) is 6.81. The second-order valence-corrected chi connectivity index (χ2v) is 6.35. The normalized spacial score (nSPS) is 12.9. The lowest BCUT2D eigenvalue weighted by atomic mass is 10.2. The number of hydrogen-bond donors (Lipinski definition) is 0. The van der Waals surface area contributed by atoms with Crippen LogP contribution in [-0.2, 0) is 0 Å². The summed E-state index contributed by atoms with van der Waals surface area (Å²) in [6.45, 7) is 1.96. The van der Waals surface area contributed by atoms with Gasteiger partial charge in [0.05, 0.1) is 18.5 Å². The molecule has 0 bridgehead atoms. The highest BCUT2D eigenvalue weighted by atomic mass is 79.9. The predicted molar refractivity (Wildman–Crippen MR) is 64.4 cm³/mol. The number of carbonyl (C=O) groups is 1. The van der Waals surface area contributed by atoms with E-state index in [-0.39, 0.29) is 10.6 Å². The van der Waals surface area contributed by atoms with Crippen LogP contribution in [0.2, 0.25) is 5.02 Å². The number of rotatable bonds is 3. The smallest absolute Gasteiger partial charge is 0.186 e. The number of carbonyl (C=O) groups excluding carboxylic acids is 1. The summed E-state index contributed by atoms with van der Waals surface area (Å²) in [4.78, 5) is 12.2. The fourth-order valence-electron chi connectivity index (χ4n) is 0.808. The summed E-state index contributed by atoms with van der Waals surface area (Å²) >= 11 is 13.8. The van der Waals surface area contributed by atoms with E-state index in [1.807, 2.05) is 6.92 Å². The number of thiophene rings is 1. The molecule has 1 aromatic heterocycles. The maximum absolute atomic E-state index is 11.6. The van der Waals surface area contributed by atoms with Crippen molar-refractivity contribution in [2.45, 2.75) is 18.2 Å². The molecule has 5 heteroatoms. The van der Waals surface area contributed by atoms with E-state index in [9.17, 15) is 4.79 Å². The summed E-state index contributed by atoms with van der Waals surface area (Å²) in [5.74, 6) is 0.0973. The van der Waals surface area contributed by atoms with Gasteiger partial charge in [-0.2, -0.15) is 0 Å². The average molecular weight is 346 g/mol. The lowest BCUT2D eigenvalue weighted by Crippen LogP contribution is -2.10. The van der Waals surface area contributed by atoms with Crippen molar-refractivity contribution < 1.29 is 4.79 Å². The number of alkyl halides is 1. The van der Waals surface area contributed by atoms with Crippen LogP contribution in [0.5, 0.6) is 0 Å². The molecule has 1 aromatic rings. The van der Waals surface area contributed by atoms with E-state index in [1.54, 1.807) is 6.07 Å². The summed E-state index contributed by atoms with van der Waals surface area (Å²) in [6.07, 6.45) is 0.784. The van der Waals surface area contributed by atoms with Crippen LogP contribution < -0.4 is 0 Å². The van der Waals surface area contributed by atoms with Gasteiger partial charge >= 0.3 is 0 Å². The van der Waals surface area contributed by atoms with Crippen LogP contribution in [0.25, 0.3) is 0 Å². The molecule has 0 saturated heterocycles. The summed E-state index contributed by atoms with van der Waals surface area (Å²) in [7, 11) is 0. The molecule has 0 aromatic carbocycles. The molecule has 0 aliphatic carbocycles. The second-order valence-electron chi connectivity index (χ2n) is 2.47. The number of Topliss-reactive ketones (excluding diaryl/α,β-unsaturated/α-hetero) is 1. The molecule has 1 rings (SSSR count). The first-order valence-electron chi connectivity index (χ1n) is 3.69. The van der Waals surface area contributed by atoms with Crippen LogP contribution in [0.4, 0.5) is 0 Å². The van der Waals surface area contributed by atoms with E-state index in [0.717, 1.165) is 10.2 Å². The average Bonchev–Trinajstić information content (AvgIpc) is 2.44. The third kappa shape index (κ3) is 2.78. The minimum Gasteiger partial charge on any atom is -0.292 e. The lowest BCUT2D eigenvalue weighted by molar-refractivity contribution is 0.0994. The van der Waals surface area contributed by atoms with Crippen LogP contribution in [0, 0.1) is 0 Å². The van der Waals surface area contributed by atoms with Gasteiger partial charge in [0.25, 0.3) is 0 Å². The first-order valence-corrected chi connectivity index (χ1v) is 6.59. The maximum Gasteiger partial charge on any atom is 0.186 e. The standard InChI is InChI=1S/C8H7Br2ClOS/c1-2-4(9)7(12)6-3-5(11)8(10)13-6/h3-4H,2H2,1H3. The van der Waals surface area contributed by atoms with Crippen molar-refractivity contribution in [2.24, 2.45) is 0 Å². The van der Waals surface area contributed by atoms with Crippen molar-refractivity contribution in [2.75, 3.05) is 0 Å². The largest absolute Gasteiger partial charge is 0.292 e. The quantitative estimate of drug-likeness (QED) is 0.581. The minimum atomic E-state index is -0.103. The lowest BCUT2D eigenvalue weighted by Gasteiger charge is -2.01. The highest BCUT2D eigenvalue weighted by molar-refractivity contribution is 9.11. The van der Waals surface area contributed by atoms with Gasteiger partial charge in [0.15, 0.2) is 5.78 Å². The molecule has 72 valence electrons. The third-order valence-corrected chi connectivity index (χ3v) is 5.08. The Morgan fingerprint density at radius 3 is 2.77 bits per heavy atom. The highest BCUT2D eigenvalue weighted by Crippen LogP contribution is 2.33. The fourth-order valence-corrected chi connectivity index (χ4v) is 2.90. The van der Waals surface area contributed by atoms with Crippen molar-refractivity contribution in [1.82, 2.24) is 0 Å². The Bertz CT molecular complexity index is 304. The number of halogens is 3. The van der Waals surface area contributed by atoms with E-state index >= 15 is 0 Å². The van der Waals surface area contributed by atoms with Crippen molar-refractivity contribution in [1.29, 1.82) is 0 Å². The van der Waals surface area contributed by atoms with Gasteiger partial charge in [-0.1, -0.05) is 34.5 Å². The summed E-state index contributed by atoms with van der Waals surface area (Å²) in [5.41, 5.74) is 0. The molecule has 13 heavy (non-hydrogen) atoms. The van der Waals surface area contributed by atoms with E-state index in [2.05, 4.69) is 31.9 Å². The molecule has 0 N–H and O–H groups in total. The van der Waals surface area contributed by atoms with Gasteiger partial charge in [-0.25, -0.2) is 0 Å². The van der Waals surface area contributed by atoms with Crippen LogP contribution in [0.15, 0.2) is 9.85 Å². The summed E-state index contributed by atoms with van der Waals surface area (Å²) in [6, 6.07) is 1.70. The molecule has 0 saturated carbocycles. The highest BCUT2D eigenvalue weighted by Gasteiger charge is 2.18. The first-order chi connectivity index (χ1) is 6.06. The van der Waals surface area contributed by atoms with Gasteiger partial charge in [-0.3, -0.25) is 4.79 Å². The van der Waals surface area contributed by atoms with E-state index < -0.39 is 0 Å². The fraction of sp³-hybridized carbons (Fsp3) is 0.375. The third-order valence-electron chi connectivity index (χ3n) is 1.53. The molecule has 0 amide bonds. The Balaban J connectivity index is 2.89. The molecule has 1 heterocycles. The molecule has 0 fully saturated rings. The van der Waals surface area contributed by atoms with E-state index in [4.69, 9.17) is 11.6 Å². The molecule has 0 radical (unpaired) electrons. The molecular weight excluding hydrogens is 339 g/mol. The molecule has 1 unspecified atom stereocenters. The van der Waals surface area contributed by atoms with Gasteiger partial charge in [0, 0.05) is 0 Å². The molecule has 0 spiro atoms. The van der Waals surface area contributed by atoms with E-state index in [0.29, 0.717) is 9.90 Å². The second kappa shape index (κ2) is 4.91. The van der Waals surface area contributed by atoms with Crippen molar-refractivity contribution >= 4 is 60.6 Å². The first kappa shape index (κ1) is 11.7. The van der Waals surface area contributed by atoms with Crippen LogP contribution in [0.3, 0.4) is 0 Å². The van der Waals surface area contributed by atoms with Crippen molar-refractivity contribution in [3.05, 3.63) is 19.8 Å². The van der Waals surface area contributed by atoms with Crippen molar-refractivity contribution in [3.63, 3.8) is 0 Å².